The Bertz CT molecular complexity index is 271. The van der Waals surface area contributed by atoms with Crippen molar-refractivity contribution < 1.29 is 0 Å². The van der Waals surface area contributed by atoms with Crippen LogP contribution in [0.1, 0.15) is 72.1 Å². The molecule has 2 heteroatoms. The first-order valence-electron chi connectivity index (χ1n) is 9.10. The van der Waals surface area contributed by atoms with E-state index in [0.29, 0.717) is 5.41 Å². The lowest BCUT2D eigenvalue weighted by Crippen LogP contribution is -2.50. The summed E-state index contributed by atoms with van der Waals surface area (Å²) in [5.74, 6) is 0.932. The lowest BCUT2D eigenvalue weighted by molar-refractivity contribution is 0.0483. The molecule has 118 valence electrons. The molecule has 0 aromatic carbocycles. The molecule has 1 N–H and O–H groups in total. The van der Waals surface area contributed by atoms with Crippen LogP contribution in [0.3, 0.4) is 0 Å². The van der Waals surface area contributed by atoms with Gasteiger partial charge in [-0.25, -0.2) is 0 Å². The summed E-state index contributed by atoms with van der Waals surface area (Å²) >= 11 is 0. The van der Waals surface area contributed by atoms with E-state index in [1.807, 2.05) is 0 Å². The number of likely N-dealkylation sites (tertiary alicyclic amines) is 1. The van der Waals surface area contributed by atoms with Crippen LogP contribution in [0.2, 0.25) is 0 Å². The van der Waals surface area contributed by atoms with Crippen molar-refractivity contribution in [1.82, 2.24) is 10.2 Å². The third kappa shape index (κ3) is 4.46. The first kappa shape index (κ1) is 16.3. The Labute approximate surface area is 126 Å². The number of nitrogens with one attached hydrogen (secondary N) is 1. The Morgan fingerprint density at radius 3 is 2.55 bits per heavy atom. The van der Waals surface area contributed by atoms with E-state index >= 15 is 0 Å². The molecule has 0 amide bonds. The summed E-state index contributed by atoms with van der Waals surface area (Å²) in [6, 6.07) is 0.795. The molecule has 2 atom stereocenters. The summed E-state index contributed by atoms with van der Waals surface area (Å²) in [5, 5.41) is 3.73. The molecule has 2 unspecified atom stereocenters. The van der Waals surface area contributed by atoms with Crippen LogP contribution in [-0.2, 0) is 0 Å². The third-order valence-corrected chi connectivity index (χ3v) is 5.66. The topological polar surface area (TPSA) is 15.3 Å². The smallest absolute Gasteiger partial charge is 0.00697 e. The Morgan fingerprint density at radius 2 is 1.90 bits per heavy atom. The number of hydrogen-bond donors (Lipinski definition) is 1. The molecule has 0 aromatic heterocycles. The summed E-state index contributed by atoms with van der Waals surface area (Å²) < 4.78 is 0. The van der Waals surface area contributed by atoms with Gasteiger partial charge in [0.2, 0.25) is 0 Å². The van der Waals surface area contributed by atoms with Gasteiger partial charge in [-0.1, -0.05) is 33.1 Å². The molecule has 0 radical (unpaired) electrons. The van der Waals surface area contributed by atoms with Crippen molar-refractivity contribution in [2.45, 2.75) is 78.2 Å². The molecule has 2 fully saturated rings. The molecule has 2 rings (SSSR count). The molecule has 0 aromatic rings. The first-order chi connectivity index (χ1) is 9.65. The highest BCUT2D eigenvalue weighted by atomic mass is 15.2. The molecule has 1 aliphatic carbocycles. The second kappa shape index (κ2) is 7.79. The van der Waals surface area contributed by atoms with Crippen LogP contribution >= 0.6 is 0 Å². The maximum absolute atomic E-state index is 3.73. The fraction of sp³-hybridized carbons (Fsp3) is 1.00. The number of rotatable bonds is 6. The van der Waals surface area contributed by atoms with Gasteiger partial charge in [0.1, 0.15) is 0 Å². The molecular weight excluding hydrogens is 244 g/mol. The van der Waals surface area contributed by atoms with Gasteiger partial charge in [-0.15, -0.1) is 0 Å². The molecule has 2 aliphatic rings. The Morgan fingerprint density at radius 1 is 1.15 bits per heavy atom. The van der Waals surface area contributed by atoms with E-state index in [0.717, 1.165) is 12.0 Å². The molecule has 0 bridgehead atoms. The maximum Gasteiger partial charge on any atom is 0.00697 e. The van der Waals surface area contributed by atoms with Crippen molar-refractivity contribution in [3.63, 3.8) is 0 Å². The lowest BCUT2D eigenvalue weighted by Gasteiger charge is -2.46. The average Bonchev–Trinajstić information content (AvgIpc) is 2.44. The highest BCUT2D eigenvalue weighted by Crippen LogP contribution is 2.38. The SMILES string of the molecule is CCCNCC1(CN2CCC(C)CC2C)CCCCC1. The van der Waals surface area contributed by atoms with Crippen LogP contribution in [-0.4, -0.2) is 37.1 Å². The van der Waals surface area contributed by atoms with Crippen LogP contribution in [0.5, 0.6) is 0 Å². The summed E-state index contributed by atoms with van der Waals surface area (Å²) in [6.45, 7) is 12.3. The second-order valence-corrected chi connectivity index (χ2v) is 7.69. The Kier molecular flexibility index (Phi) is 6.35. The van der Waals surface area contributed by atoms with Crippen molar-refractivity contribution >= 4 is 0 Å². The Hall–Kier alpha value is -0.0800. The van der Waals surface area contributed by atoms with Crippen LogP contribution in [0.25, 0.3) is 0 Å². The van der Waals surface area contributed by atoms with Crippen LogP contribution in [0.4, 0.5) is 0 Å². The van der Waals surface area contributed by atoms with E-state index in [1.54, 1.807) is 0 Å². The summed E-state index contributed by atoms with van der Waals surface area (Å²) in [6.07, 6.45) is 11.3. The van der Waals surface area contributed by atoms with Crippen LogP contribution < -0.4 is 5.32 Å². The van der Waals surface area contributed by atoms with Crippen molar-refractivity contribution in [2.75, 3.05) is 26.2 Å². The van der Waals surface area contributed by atoms with Gasteiger partial charge in [0, 0.05) is 19.1 Å². The van der Waals surface area contributed by atoms with Gasteiger partial charge in [-0.05, 0) is 63.5 Å². The van der Waals surface area contributed by atoms with E-state index in [-0.39, 0.29) is 0 Å². The molecular formula is C18H36N2. The van der Waals surface area contributed by atoms with Crippen molar-refractivity contribution in [1.29, 1.82) is 0 Å². The van der Waals surface area contributed by atoms with Gasteiger partial charge >= 0.3 is 0 Å². The van der Waals surface area contributed by atoms with E-state index in [2.05, 4.69) is 31.0 Å². The van der Waals surface area contributed by atoms with E-state index in [9.17, 15) is 0 Å². The summed E-state index contributed by atoms with van der Waals surface area (Å²) in [4.78, 5) is 2.80. The summed E-state index contributed by atoms with van der Waals surface area (Å²) in [7, 11) is 0. The van der Waals surface area contributed by atoms with Crippen molar-refractivity contribution in [2.24, 2.45) is 11.3 Å². The fourth-order valence-electron chi connectivity index (χ4n) is 4.34. The minimum atomic E-state index is 0.572. The highest BCUT2D eigenvalue weighted by molar-refractivity contribution is 4.90. The number of piperidine rings is 1. The quantitative estimate of drug-likeness (QED) is 0.738. The van der Waals surface area contributed by atoms with Gasteiger partial charge in [-0.2, -0.15) is 0 Å². The van der Waals surface area contributed by atoms with Crippen molar-refractivity contribution in [3.05, 3.63) is 0 Å². The van der Waals surface area contributed by atoms with Crippen LogP contribution in [0, 0.1) is 11.3 Å². The summed E-state index contributed by atoms with van der Waals surface area (Å²) in [5.41, 5.74) is 0.572. The zero-order valence-corrected chi connectivity index (χ0v) is 14.1. The highest BCUT2D eigenvalue weighted by Gasteiger charge is 2.35. The number of nitrogens with zero attached hydrogens (tertiary/aromatic N) is 1. The van der Waals surface area contributed by atoms with Gasteiger partial charge in [0.05, 0.1) is 0 Å². The molecule has 2 nitrogen and oxygen atoms in total. The van der Waals surface area contributed by atoms with Crippen LogP contribution in [0.15, 0.2) is 0 Å². The predicted octanol–water partition coefficient (Wildman–Crippen LogP) is 4.06. The van der Waals surface area contributed by atoms with Gasteiger partial charge in [-0.3, -0.25) is 0 Å². The monoisotopic (exact) mass is 280 g/mol. The van der Waals surface area contributed by atoms with Gasteiger partial charge in [0.25, 0.3) is 0 Å². The number of hydrogen-bond acceptors (Lipinski definition) is 2. The Balaban J connectivity index is 1.92. The zero-order chi connectivity index (χ0) is 14.4. The zero-order valence-electron chi connectivity index (χ0n) is 14.1. The minimum absolute atomic E-state index is 0.572. The average molecular weight is 280 g/mol. The second-order valence-electron chi connectivity index (χ2n) is 7.69. The van der Waals surface area contributed by atoms with E-state index in [1.165, 1.54) is 77.5 Å². The molecule has 1 saturated carbocycles. The normalized spacial score (nSPS) is 31.4. The molecule has 1 aliphatic heterocycles. The van der Waals surface area contributed by atoms with Gasteiger partial charge in [0.15, 0.2) is 0 Å². The van der Waals surface area contributed by atoms with E-state index < -0.39 is 0 Å². The molecule has 1 heterocycles. The minimum Gasteiger partial charge on any atom is -0.316 e. The third-order valence-electron chi connectivity index (χ3n) is 5.66. The lowest BCUT2D eigenvalue weighted by atomic mass is 9.73. The maximum atomic E-state index is 3.73. The fourth-order valence-corrected chi connectivity index (χ4v) is 4.34. The molecule has 20 heavy (non-hydrogen) atoms. The first-order valence-corrected chi connectivity index (χ1v) is 9.10. The largest absolute Gasteiger partial charge is 0.316 e. The van der Waals surface area contributed by atoms with Crippen molar-refractivity contribution in [3.8, 4) is 0 Å². The van der Waals surface area contributed by atoms with Gasteiger partial charge < -0.3 is 10.2 Å². The van der Waals surface area contributed by atoms with E-state index in [4.69, 9.17) is 0 Å². The molecule has 1 saturated heterocycles. The predicted molar refractivity (Wildman–Crippen MR) is 88.1 cm³/mol. The molecule has 0 spiro atoms. The standard InChI is InChI=1S/C18H36N2/c1-4-11-19-14-18(9-6-5-7-10-18)15-20-12-8-16(2)13-17(20)3/h16-17,19H,4-15H2,1-3H3.